The van der Waals surface area contributed by atoms with E-state index in [-0.39, 0.29) is 0 Å². The highest BCUT2D eigenvalue weighted by molar-refractivity contribution is 6.40. The van der Waals surface area contributed by atoms with Crippen LogP contribution in [0.3, 0.4) is 0 Å². The molecule has 0 aliphatic carbocycles. The van der Waals surface area contributed by atoms with Crippen LogP contribution in [-0.2, 0) is 0 Å². The van der Waals surface area contributed by atoms with E-state index in [1.165, 1.54) is 153 Å². The maximum atomic E-state index is 2.54. The lowest BCUT2D eigenvalue weighted by atomic mass is 9.88. The van der Waals surface area contributed by atoms with Crippen LogP contribution in [-0.4, -0.2) is 0 Å². The first-order valence-corrected chi connectivity index (χ1v) is 21.3. The largest absolute Gasteiger partial charge is 0.0587 e. The van der Waals surface area contributed by atoms with E-state index in [1.807, 2.05) is 0 Å². The van der Waals surface area contributed by atoms with E-state index >= 15 is 0 Å². The zero-order valence-corrected chi connectivity index (χ0v) is 35.5. The Bertz CT molecular complexity index is 3310. The lowest BCUT2D eigenvalue weighted by Crippen LogP contribution is -1.90. The molecular weight excluding hydrogens is 697 g/mol. The van der Waals surface area contributed by atoms with Crippen molar-refractivity contribution >= 4 is 86.2 Å². The van der Waals surface area contributed by atoms with E-state index in [2.05, 4.69) is 178 Å². The maximum Gasteiger partial charge on any atom is -0.00195 e. The molecule has 0 saturated carbocycles. The average molecular weight is 747 g/mol. The summed E-state index contributed by atoms with van der Waals surface area (Å²) in [5.41, 5.74) is 16.1. The molecule has 11 aromatic carbocycles. The van der Waals surface area contributed by atoms with Gasteiger partial charge in [-0.2, -0.15) is 0 Å². The van der Waals surface area contributed by atoms with Crippen LogP contribution in [0.1, 0.15) is 84.0 Å². The molecule has 0 heterocycles. The van der Waals surface area contributed by atoms with E-state index in [0.29, 0.717) is 11.8 Å². The van der Waals surface area contributed by atoms with Crippen molar-refractivity contribution in [3.05, 3.63) is 154 Å². The molecule has 0 fully saturated rings. The maximum absolute atomic E-state index is 2.54. The first kappa shape index (κ1) is 35.2. The van der Waals surface area contributed by atoms with E-state index in [9.17, 15) is 0 Å². The Kier molecular flexibility index (Phi) is 7.44. The van der Waals surface area contributed by atoms with E-state index in [1.54, 1.807) is 0 Å². The summed E-state index contributed by atoms with van der Waals surface area (Å²) in [5, 5.41) is 21.7. The number of hydrogen-bond acceptors (Lipinski definition) is 0. The third-order valence-electron chi connectivity index (χ3n) is 14.1. The van der Waals surface area contributed by atoms with Gasteiger partial charge in [0.05, 0.1) is 0 Å². The molecule has 0 spiro atoms. The van der Waals surface area contributed by atoms with Gasteiger partial charge in [0.1, 0.15) is 0 Å². The van der Waals surface area contributed by atoms with E-state index in [0.717, 1.165) is 0 Å². The molecule has 0 amide bonds. The Morgan fingerprint density at radius 2 is 0.552 bits per heavy atom. The fraction of sp³-hybridized carbons (Fsp3) is 0.207. The van der Waals surface area contributed by atoms with Gasteiger partial charge >= 0.3 is 0 Å². The van der Waals surface area contributed by atoms with Crippen LogP contribution in [0.5, 0.6) is 0 Å². The van der Waals surface area contributed by atoms with Crippen LogP contribution in [0.2, 0.25) is 0 Å². The third-order valence-corrected chi connectivity index (χ3v) is 14.1. The molecule has 0 saturated heterocycles. The second-order valence-corrected chi connectivity index (χ2v) is 18.4. The average Bonchev–Trinajstić information content (AvgIpc) is 3.69. The first-order valence-electron chi connectivity index (χ1n) is 21.3. The predicted octanol–water partition coefficient (Wildman–Crippen LogP) is 17.2. The Hall–Kier alpha value is -5.98. The molecule has 282 valence electrons. The number of rotatable bonds is 4. The molecule has 11 rings (SSSR count). The summed E-state index contributed by atoms with van der Waals surface area (Å²) in [6, 6.07) is 43.9. The van der Waals surface area contributed by atoms with Crippen LogP contribution >= 0.6 is 0 Å². The van der Waals surface area contributed by atoms with Crippen LogP contribution in [0.15, 0.2) is 109 Å². The zero-order valence-electron chi connectivity index (χ0n) is 35.5. The molecule has 0 unspecified atom stereocenters. The minimum Gasteiger partial charge on any atom is -0.0587 e. The Balaban J connectivity index is 1.32. The molecule has 0 aliphatic heterocycles. The SMILES string of the molecule is Cc1cc(C)c(-c2cc3c4ccc5c(cc6c7ccc(C(C)C)cc7c7cc(-c8cc(C)c(C)cc8C)cc5c76)c4cc4c5ccc(C(C)C)cc5c(c2)c34)cc1C. The van der Waals surface area contributed by atoms with Gasteiger partial charge in [-0.1, -0.05) is 100 Å². The monoisotopic (exact) mass is 746 g/mol. The molecule has 0 aromatic heterocycles. The van der Waals surface area contributed by atoms with Crippen molar-refractivity contribution in [1.29, 1.82) is 0 Å². The van der Waals surface area contributed by atoms with E-state index < -0.39 is 0 Å². The molecule has 0 aliphatic rings. The molecule has 0 N–H and O–H groups in total. The van der Waals surface area contributed by atoms with Crippen molar-refractivity contribution < 1.29 is 0 Å². The van der Waals surface area contributed by atoms with Crippen molar-refractivity contribution in [3.8, 4) is 22.3 Å². The predicted molar refractivity (Wildman–Crippen MR) is 256 cm³/mol. The lowest BCUT2D eigenvalue weighted by Gasteiger charge is -2.16. The fourth-order valence-electron chi connectivity index (χ4n) is 10.6. The molecular formula is C58H50. The number of hydrogen-bond donors (Lipinski definition) is 0. The van der Waals surface area contributed by atoms with Crippen molar-refractivity contribution in [1.82, 2.24) is 0 Å². The number of aryl methyl sites for hydroxylation is 6. The fourth-order valence-corrected chi connectivity index (χ4v) is 10.6. The van der Waals surface area contributed by atoms with Crippen LogP contribution in [0.4, 0.5) is 0 Å². The smallest absolute Gasteiger partial charge is 0.00195 e. The second-order valence-electron chi connectivity index (χ2n) is 18.4. The molecule has 11 aromatic rings. The van der Waals surface area contributed by atoms with Crippen molar-refractivity contribution in [2.24, 2.45) is 0 Å². The third kappa shape index (κ3) is 4.88. The van der Waals surface area contributed by atoms with Gasteiger partial charge in [0.2, 0.25) is 0 Å². The highest BCUT2D eigenvalue weighted by Crippen LogP contribution is 2.50. The van der Waals surface area contributed by atoms with Crippen LogP contribution in [0, 0.1) is 41.5 Å². The Labute approximate surface area is 341 Å². The van der Waals surface area contributed by atoms with Gasteiger partial charge < -0.3 is 0 Å². The minimum atomic E-state index is 0.459. The standard InChI is InChI=1S/C58H50/c1-29(2)37-11-13-41-47(21-37)53-25-39(45-19-33(7)31(5)17-35(45)9)23-51-43-15-16-44-50(49(43)27-55(41)57(51)53)28-56-42-14-12-38(30(3)4)22-48(42)54-26-40(24-52(44)58(54)56)46-20-34(8)32(6)18-36(46)10/h11-30H,1-10H3. The Morgan fingerprint density at radius 3 is 0.914 bits per heavy atom. The summed E-state index contributed by atoms with van der Waals surface area (Å²) < 4.78 is 0. The molecule has 58 heavy (non-hydrogen) atoms. The number of benzene rings is 9. The summed E-state index contributed by atoms with van der Waals surface area (Å²) in [6.45, 7) is 22.7. The van der Waals surface area contributed by atoms with Crippen LogP contribution in [0.25, 0.3) is 108 Å². The highest BCUT2D eigenvalue weighted by Gasteiger charge is 2.22. The molecule has 0 nitrogen and oxygen atoms in total. The quantitative estimate of drug-likeness (QED) is 0.157. The summed E-state index contributed by atoms with van der Waals surface area (Å²) >= 11 is 0. The summed E-state index contributed by atoms with van der Waals surface area (Å²) in [4.78, 5) is 0. The second kappa shape index (κ2) is 12.3. The van der Waals surface area contributed by atoms with Crippen molar-refractivity contribution in [2.45, 2.75) is 81.1 Å². The number of fused-ring (bicyclic) bond motifs is 11. The summed E-state index contributed by atoms with van der Waals surface area (Å²) in [5.74, 6) is 0.918. The lowest BCUT2D eigenvalue weighted by molar-refractivity contribution is 0.869. The molecule has 0 bridgehead atoms. The van der Waals surface area contributed by atoms with Crippen molar-refractivity contribution in [3.63, 3.8) is 0 Å². The minimum absolute atomic E-state index is 0.459. The van der Waals surface area contributed by atoms with E-state index in [4.69, 9.17) is 0 Å². The van der Waals surface area contributed by atoms with Gasteiger partial charge in [-0.3, -0.25) is 0 Å². The van der Waals surface area contributed by atoms with Gasteiger partial charge in [-0.15, -0.1) is 0 Å². The van der Waals surface area contributed by atoms with Gasteiger partial charge in [-0.05, 0) is 243 Å². The van der Waals surface area contributed by atoms with Gasteiger partial charge in [0.15, 0.2) is 0 Å². The highest BCUT2D eigenvalue weighted by atomic mass is 14.3. The van der Waals surface area contributed by atoms with Gasteiger partial charge in [-0.25, -0.2) is 0 Å². The molecule has 0 radical (unpaired) electrons. The topological polar surface area (TPSA) is 0 Å². The van der Waals surface area contributed by atoms with Gasteiger partial charge in [0, 0.05) is 0 Å². The van der Waals surface area contributed by atoms with Gasteiger partial charge in [0.25, 0.3) is 0 Å². The summed E-state index contributed by atoms with van der Waals surface area (Å²) in [6.07, 6.45) is 0. The van der Waals surface area contributed by atoms with Crippen LogP contribution < -0.4 is 0 Å². The van der Waals surface area contributed by atoms with Crippen molar-refractivity contribution in [2.75, 3.05) is 0 Å². The summed E-state index contributed by atoms with van der Waals surface area (Å²) in [7, 11) is 0. The molecule has 0 atom stereocenters. The normalized spacial score (nSPS) is 12.6. The molecule has 0 heteroatoms. The zero-order chi connectivity index (χ0) is 40.0. The first-order chi connectivity index (χ1) is 27.9. The Morgan fingerprint density at radius 1 is 0.259 bits per heavy atom.